The third-order valence-corrected chi connectivity index (χ3v) is 1.55. The Kier molecular flexibility index (Phi) is 1.75. The number of cyclic esters (lactones) is 1. The molecule has 2 atom stereocenters. The SMILES string of the molecule is [2H]C[C@@H]1C[C@@H](C(=O)OC)C(=O)O1. The highest BCUT2D eigenvalue weighted by Gasteiger charge is 2.38. The third kappa shape index (κ3) is 1.50. The van der Waals surface area contributed by atoms with E-state index in [0.717, 1.165) is 0 Å². The van der Waals surface area contributed by atoms with Crippen LogP contribution in [0.2, 0.25) is 0 Å². The lowest BCUT2D eigenvalue weighted by Crippen LogP contribution is -2.20. The van der Waals surface area contributed by atoms with Gasteiger partial charge in [0.1, 0.15) is 6.10 Å². The number of carbonyl (C=O) groups excluding carboxylic acids is 2. The van der Waals surface area contributed by atoms with Gasteiger partial charge in [-0.05, 0) is 6.90 Å². The minimum Gasteiger partial charge on any atom is -0.468 e. The Balaban J connectivity index is 2.57. The molecule has 4 nitrogen and oxygen atoms in total. The molecule has 1 fully saturated rings. The van der Waals surface area contributed by atoms with Gasteiger partial charge in [-0.15, -0.1) is 0 Å². The Hall–Kier alpha value is -1.06. The molecule has 0 unspecified atom stereocenters. The van der Waals surface area contributed by atoms with Crippen molar-refractivity contribution in [1.82, 2.24) is 0 Å². The highest BCUT2D eigenvalue weighted by molar-refractivity contribution is 5.96. The van der Waals surface area contributed by atoms with E-state index in [2.05, 4.69) is 4.74 Å². The zero-order valence-electron chi connectivity index (χ0n) is 7.20. The topological polar surface area (TPSA) is 52.6 Å². The van der Waals surface area contributed by atoms with Crippen LogP contribution in [0.15, 0.2) is 0 Å². The van der Waals surface area contributed by atoms with Crippen molar-refractivity contribution in [1.29, 1.82) is 0 Å². The first-order chi connectivity index (χ1) is 5.69. The van der Waals surface area contributed by atoms with Crippen LogP contribution in [0.5, 0.6) is 0 Å². The molecule has 0 spiro atoms. The van der Waals surface area contributed by atoms with E-state index in [9.17, 15) is 9.59 Å². The van der Waals surface area contributed by atoms with Crippen molar-refractivity contribution < 1.29 is 20.4 Å². The van der Waals surface area contributed by atoms with Crippen LogP contribution in [-0.4, -0.2) is 25.2 Å². The summed E-state index contributed by atoms with van der Waals surface area (Å²) in [5.74, 6) is -1.96. The van der Waals surface area contributed by atoms with Gasteiger partial charge in [-0.25, -0.2) is 0 Å². The predicted octanol–water partition coefficient (Wildman–Crippen LogP) is 0.111. The molecule has 11 heavy (non-hydrogen) atoms. The van der Waals surface area contributed by atoms with Gasteiger partial charge < -0.3 is 9.47 Å². The molecule has 0 N–H and O–H groups in total. The van der Waals surface area contributed by atoms with Crippen molar-refractivity contribution >= 4 is 11.9 Å². The molecule has 1 aliphatic rings. The van der Waals surface area contributed by atoms with E-state index in [1.165, 1.54) is 7.11 Å². The van der Waals surface area contributed by atoms with Gasteiger partial charge >= 0.3 is 11.9 Å². The van der Waals surface area contributed by atoms with Gasteiger partial charge in [0, 0.05) is 7.79 Å². The lowest BCUT2D eigenvalue weighted by atomic mass is 10.1. The molecule has 1 rings (SSSR count). The second-order valence-corrected chi connectivity index (χ2v) is 2.37. The predicted molar refractivity (Wildman–Crippen MR) is 35.7 cm³/mol. The van der Waals surface area contributed by atoms with Gasteiger partial charge in [0.2, 0.25) is 0 Å². The lowest BCUT2D eigenvalue weighted by molar-refractivity contribution is -0.154. The summed E-state index contributed by atoms with van der Waals surface area (Å²) in [7, 11) is 1.23. The van der Waals surface area contributed by atoms with E-state index in [1.54, 1.807) is 0 Å². The summed E-state index contributed by atoms with van der Waals surface area (Å²) in [6, 6.07) is 0. The van der Waals surface area contributed by atoms with Crippen LogP contribution in [0.3, 0.4) is 0 Å². The van der Waals surface area contributed by atoms with Crippen molar-refractivity contribution in [2.24, 2.45) is 5.92 Å². The molecule has 0 bridgehead atoms. The van der Waals surface area contributed by atoms with E-state index in [4.69, 9.17) is 6.11 Å². The Labute approximate surface area is 65.9 Å². The minimum atomic E-state index is -0.814. The van der Waals surface area contributed by atoms with Crippen LogP contribution < -0.4 is 0 Å². The average Bonchev–Trinajstić information content (AvgIpc) is 2.45. The molecular weight excluding hydrogens is 148 g/mol. The van der Waals surface area contributed by atoms with Crippen LogP contribution in [0, 0.1) is 5.92 Å². The normalized spacial score (nSPS) is 31.0. The van der Waals surface area contributed by atoms with Gasteiger partial charge in [0.25, 0.3) is 0 Å². The number of methoxy groups -OCH3 is 1. The fourth-order valence-electron chi connectivity index (χ4n) is 0.988. The van der Waals surface area contributed by atoms with Crippen LogP contribution >= 0.6 is 0 Å². The summed E-state index contributed by atoms with van der Waals surface area (Å²) in [6.45, 7) is -0.000760. The van der Waals surface area contributed by atoms with Crippen LogP contribution in [0.25, 0.3) is 0 Å². The fourth-order valence-corrected chi connectivity index (χ4v) is 0.988. The van der Waals surface area contributed by atoms with Gasteiger partial charge in [0.15, 0.2) is 5.92 Å². The Morgan fingerprint density at radius 1 is 1.91 bits per heavy atom. The fraction of sp³-hybridized carbons (Fsp3) is 0.714. The van der Waals surface area contributed by atoms with E-state index in [-0.39, 0.29) is 13.3 Å². The highest BCUT2D eigenvalue weighted by Crippen LogP contribution is 2.21. The third-order valence-electron chi connectivity index (χ3n) is 1.55. The maximum atomic E-state index is 10.9. The number of rotatable bonds is 1. The largest absolute Gasteiger partial charge is 0.468 e. The number of esters is 2. The first kappa shape index (κ1) is 6.64. The Bertz CT molecular complexity index is 204. The van der Waals surface area contributed by atoms with Gasteiger partial charge in [-0.3, -0.25) is 9.59 Å². The number of hydrogen-bond acceptors (Lipinski definition) is 4. The molecular formula is C7H10O4. The molecule has 1 heterocycles. The van der Waals surface area contributed by atoms with Gasteiger partial charge in [-0.2, -0.15) is 0 Å². The van der Waals surface area contributed by atoms with Crippen LogP contribution in [0.1, 0.15) is 14.7 Å². The van der Waals surface area contributed by atoms with Gasteiger partial charge in [0.05, 0.1) is 7.11 Å². The van der Waals surface area contributed by atoms with Crippen LogP contribution in [0.4, 0.5) is 0 Å². The Morgan fingerprint density at radius 2 is 2.64 bits per heavy atom. The van der Waals surface area contributed by atoms with Crippen molar-refractivity contribution in [3.05, 3.63) is 0 Å². The maximum absolute atomic E-state index is 10.9. The standard InChI is InChI=1S/C7H10O4/c1-4-3-5(6(8)10-2)7(9)11-4/h4-5H,3H2,1-2H3/t4-,5+/m1/s1/i1D. The summed E-state index contributed by atoms with van der Waals surface area (Å²) in [5.41, 5.74) is 0. The maximum Gasteiger partial charge on any atom is 0.320 e. The number of carbonyl (C=O) groups is 2. The highest BCUT2D eigenvalue weighted by atomic mass is 16.6. The molecule has 0 aromatic rings. The monoisotopic (exact) mass is 159 g/mol. The molecule has 0 radical (unpaired) electrons. The van der Waals surface area contributed by atoms with E-state index in [0.29, 0.717) is 0 Å². The Morgan fingerprint density at radius 3 is 3.09 bits per heavy atom. The molecule has 1 aliphatic heterocycles. The molecule has 0 aromatic carbocycles. The molecule has 0 aliphatic carbocycles. The first-order valence-corrected chi connectivity index (χ1v) is 3.26. The van der Waals surface area contributed by atoms with E-state index >= 15 is 0 Å². The average molecular weight is 159 g/mol. The lowest BCUT2D eigenvalue weighted by Gasteiger charge is -2.00. The molecule has 62 valence electrons. The summed E-state index contributed by atoms with van der Waals surface area (Å²) in [4.78, 5) is 21.8. The summed E-state index contributed by atoms with van der Waals surface area (Å²) in [6.07, 6.45) is -0.170. The summed E-state index contributed by atoms with van der Waals surface area (Å²) < 4.78 is 16.1. The quantitative estimate of drug-likeness (QED) is 0.402. The number of hydrogen-bond donors (Lipinski definition) is 0. The summed E-state index contributed by atoms with van der Waals surface area (Å²) in [5, 5.41) is 0. The molecule has 0 aromatic heterocycles. The molecule has 4 heteroatoms. The molecule has 1 saturated heterocycles. The first-order valence-electron chi connectivity index (χ1n) is 3.97. The van der Waals surface area contributed by atoms with E-state index in [1.807, 2.05) is 0 Å². The number of ether oxygens (including phenoxy) is 2. The minimum absolute atomic E-state index is 0.000760. The zero-order chi connectivity index (χ0) is 9.14. The van der Waals surface area contributed by atoms with Crippen molar-refractivity contribution in [3.63, 3.8) is 0 Å². The summed E-state index contributed by atoms with van der Waals surface area (Å²) >= 11 is 0. The second-order valence-electron chi connectivity index (χ2n) is 2.37. The van der Waals surface area contributed by atoms with Crippen molar-refractivity contribution in [2.45, 2.75) is 19.4 Å². The molecule has 0 amide bonds. The van der Waals surface area contributed by atoms with E-state index < -0.39 is 24.0 Å². The van der Waals surface area contributed by atoms with Gasteiger partial charge in [-0.1, -0.05) is 0 Å². The second kappa shape index (κ2) is 2.90. The van der Waals surface area contributed by atoms with Crippen LogP contribution in [-0.2, 0) is 19.1 Å². The van der Waals surface area contributed by atoms with Crippen molar-refractivity contribution in [3.8, 4) is 0 Å². The smallest absolute Gasteiger partial charge is 0.320 e. The van der Waals surface area contributed by atoms with Crippen molar-refractivity contribution in [2.75, 3.05) is 7.11 Å². The molecule has 0 saturated carbocycles. The zero-order valence-corrected chi connectivity index (χ0v) is 6.20.